The molecule has 1 N–H and O–H groups in total. The van der Waals surface area contributed by atoms with E-state index < -0.39 is 0 Å². The summed E-state index contributed by atoms with van der Waals surface area (Å²) in [7, 11) is 4.28. The predicted molar refractivity (Wildman–Crippen MR) is 71.9 cm³/mol. The van der Waals surface area contributed by atoms with Crippen LogP contribution in [0, 0.1) is 10.7 Å². The number of hydrogen-bond donors (Lipinski definition) is 1. The van der Waals surface area contributed by atoms with Crippen LogP contribution in [0.4, 0.5) is 5.95 Å². The van der Waals surface area contributed by atoms with Gasteiger partial charge in [-0.15, -0.1) is 5.10 Å². The van der Waals surface area contributed by atoms with Gasteiger partial charge in [0.25, 0.3) is 0 Å². The smallest absolute Gasteiger partial charge is 0.225 e. The Hall–Kier alpha value is -0.880. The van der Waals surface area contributed by atoms with Crippen molar-refractivity contribution in [1.82, 2.24) is 19.7 Å². The number of anilines is 1. The fourth-order valence-corrected chi connectivity index (χ4v) is 2.88. The molecule has 0 bridgehead atoms. The summed E-state index contributed by atoms with van der Waals surface area (Å²) in [6, 6.07) is 0.588. The lowest BCUT2D eigenvalue weighted by molar-refractivity contribution is 0.266. The molecule has 0 spiro atoms. The second kappa shape index (κ2) is 4.78. The van der Waals surface area contributed by atoms with Gasteiger partial charge in [-0.05, 0) is 39.2 Å². The molecule has 0 amide bonds. The minimum Gasteiger partial charge on any atom is -0.339 e. The van der Waals surface area contributed by atoms with Crippen LogP contribution in [0.5, 0.6) is 0 Å². The Morgan fingerprint density at radius 2 is 2.18 bits per heavy atom. The van der Waals surface area contributed by atoms with Crippen molar-refractivity contribution in [2.24, 2.45) is 5.92 Å². The lowest BCUT2D eigenvalue weighted by atomic mass is 10.1. The van der Waals surface area contributed by atoms with Crippen molar-refractivity contribution >= 4 is 18.2 Å². The highest BCUT2D eigenvalue weighted by Crippen LogP contribution is 2.24. The van der Waals surface area contributed by atoms with Crippen LogP contribution >= 0.6 is 12.2 Å². The van der Waals surface area contributed by atoms with Gasteiger partial charge in [0, 0.05) is 25.7 Å². The minimum atomic E-state index is 0.588. The molecule has 2 atom stereocenters. The van der Waals surface area contributed by atoms with Crippen molar-refractivity contribution in [2.45, 2.75) is 26.4 Å². The summed E-state index contributed by atoms with van der Waals surface area (Å²) in [6.07, 6.45) is 0. The summed E-state index contributed by atoms with van der Waals surface area (Å²) in [5.41, 5.74) is 0. The molecule has 0 aliphatic carbocycles. The normalized spacial score (nSPS) is 24.9. The molecule has 1 aliphatic heterocycles. The first-order valence-electron chi connectivity index (χ1n) is 6.11. The maximum atomic E-state index is 5.23. The Morgan fingerprint density at radius 3 is 2.71 bits per heavy atom. The summed E-state index contributed by atoms with van der Waals surface area (Å²) in [5.74, 6) is 1.63. The van der Waals surface area contributed by atoms with Crippen LogP contribution in [-0.4, -0.2) is 52.9 Å². The first-order chi connectivity index (χ1) is 8.04. The number of aromatic nitrogens is 3. The highest BCUT2D eigenvalue weighted by molar-refractivity contribution is 7.71. The highest BCUT2D eigenvalue weighted by Gasteiger charge is 2.33. The average Bonchev–Trinajstić information content (AvgIpc) is 2.81. The molecule has 1 fully saturated rings. The fourth-order valence-electron chi connectivity index (χ4n) is 2.62. The number of nitrogens with one attached hydrogen (secondary N) is 1. The number of nitrogens with zero attached hydrogens (tertiary/aromatic N) is 4. The predicted octanol–water partition coefficient (Wildman–Crippen LogP) is 1.35. The Morgan fingerprint density at radius 1 is 1.47 bits per heavy atom. The lowest BCUT2D eigenvalue weighted by Crippen LogP contribution is -2.34. The van der Waals surface area contributed by atoms with Gasteiger partial charge in [0.05, 0.1) is 0 Å². The molecule has 2 rings (SSSR count). The van der Waals surface area contributed by atoms with E-state index in [4.69, 9.17) is 12.2 Å². The molecule has 1 aromatic heterocycles. The number of likely N-dealkylation sites (N-methyl/N-ethyl adjacent to an activating group) is 1. The molecule has 2 heterocycles. The van der Waals surface area contributed by atoms with Gasteiger partial charge in [-0.2, -0.15) is 0 Å². The second-order valence-corrected chi connectivity index (χ2v) is 5.37. The molecular formula is C11H21N5S. The summed E-state index contributed by atoms with van der Waals surface area (Å²) in [6.45, 7) is 7.32. The molecular weight excluding hydrogens is 234 g/mol. The number of rotatable bonds is 3. The quantitative estimate of drug-likeness (QED) is 0.828. The topological polar surface area (TPSA) is 40.1 Å². The van der Waals surface area contributed by atoms with Gasteiger partial charge >= 0.3 is 0 Å². The van der Waals surface area contributed by atoms with Crippen molar-refractivity contribution in [1.29, 1.82) is 0 Å². The van der Waals surface area contributed by atoms with Crippen LogP contribution in [0.2, 0.25) is 0 Å². The molecule has 0 saturated carbocycles. The van der Waals surface area contributed by atoms with Crippen molar-refractivity contribution < 1.29 is 0 Å². The highest BCUT2D eigenvalue weighted by atomic mass is 32.1. The van der Waals surface area contributed by atoms with Crippen LogP contribution in [0.1, 0.15) is 13.8 Å². The van der Waals surface area contributed by atoms with E-state index in [1.807, 2.05) is 0 Å². The van der Waals surface area contributed by atoms with Gasteiger partial charge in [0.15, 0.2) is 4.77 Å². The molecule has 2 unspecified atom stereocenters. The Balaban J connectivity index is 2.22. The SMILES string of the molecule is CCn1c(N2CC(C)C(N(C)C)C2)n[nH]c1=S. The van der Waals surface area contributed by atoms with E-state index in [0.29, 0.717) is 16.7 Å². The van der Waals surface area contributed by atoms with E-state index in [0.717, 1.165) is 25.6 Å². The van der Waals surface area contributed by atoms with Crippen LogP contribution in [0.25, 0.3) is 0 Å². The maximum Gasteiger partial charge on any atom is 0.225 e. The van der Waals surface area contributed by atoms with E-state index in [9.17, 15) is 0 Å². The minimum absolute atomic E-state index is 0.588. The standard InChI is InChI=1S/C11H21N5S/c1-5-16-10(12-13-11(16)17)15-6-8(2)9(7-15)14(3)4/h8-9H,5-7H2,1-4H3,(H,13,17). The van der Waals surface area contributed by atoms with Gasteiger partial charge in [-0.3, -0.25) is 4.57 Å². The van der Waals surface area contributed by atoms with Crippen LogP contribution in [0.15, 0.2) is 0 Å². The molecule has 1 aliphatic rings. The Bertz CT molecular complexity index is 435. The largest absolute Gasteiger partial charge is 0.339 e. The zero-order valence-corrected chi connectivity index (χ0v) is 11.8. The van der Waals surface area contributed by atoms with E-state index >= 15 is 0 Å². The first-order valence-corrected chi connectivity index (χ1v) is 6.52. The van der Waals surface area contributed by atoms with Crippen LogP contribution in [0.3, 0.4) is 0 Å². The van der Waals surface area contributed by atoms with Gasteiger partial charge in [0.1, 0.15) is 0 Å². The van der Waals surface area contributed by atoms with Gasteiger partial charge in [0.2, 0.25) is 5.95 Å². The number of H-pyrrole nitrogens is 1. The third kappa shape index (κ3) is 2.24. The molecule has 1 saturated heterocycles. The van der Waals surface area contributed by atoms with Gasteiger partial charge in [-0.25, -0.2) is 5.10 Å². The fraction of sp³-hybridized carbons (Fsp3) is 0.818. The molecule has 0 aromatic carbocycles. The van der Waals surface area contributed by atoms with Crippen molar-refractivity contribution in [2.75, 3.05) is 32.1 Å². The van der Waals surface area contributed by atoms with E-state index in [1.54, 1.807) is 0 Å². The first kappa shape index (κ1) is 12.6. The van der Waals surface area contributed by atoms with Gasteiger partial charge in [-0.1, -0.05) is 6.92 Å². The van der Waals surface area contributed by atoms with E-state index in [2.05, 4.69) is 52.5 Å². The summed E-state index contributed by atoms with van der Waals surface area (Å²) >= 11 is 5.23. The second-order valence-electron chi connectivity index (χ2n) is 4.99. The molecule has 17 heavy (non-hydrogen) atoms. The van der Waals surface area contributed by atoms with Crippen molar-refractivity contribution in [3.05, 3.63) is 4.77 Å². The monoisotopic (exact) mass is 255 g/mol. The summed E-state index contributed by atoms with van der Waals surface area (Å²) in [4.78, 5) is 4.62. The Kier molecular flexibility index (Phi) is 3.53. The van der Waals surface area contributed by atoms with Gasteiger partial charge < -0.3 is 9.80 Å². The van der Waals surface area contributed by atoms with E-state index in [-0.39, 0.29) is 0 Å². The maximum absolute atomic E-state index is 5.23. The molecule has 0 radical (unpaired) electrons. The third-order valence-electron chi connectivity index (χ3n) is 3.57. The number of hydrogen-bond acceptors (Lipinski definition) is 4. The van der Waals surface area contributed by atoms with Crippen LogP contribution in [-0.2, 0) is 6.54 Å². The zero-order valence-electron chi connectivity index (χ0n) is 11.0. The third-order valence-corrected chi connectivity index (χ3v) is 3.88. The molecule has 1 aromatic rings. The summed E-state index contributed by atoms with van der Waals surface area (Å²) in [5, 5.41) is 7.23. The molecule has 5 nitrogen and oxygen atoms in total. The van der Waals surface area contributed by atoms with Crippen molar-refractivity contribution in [3.63, 3.8) is 0 Å². The average molecular weight is 255 g/mol. The summed E-state index contributed by atoms with van der Waals surface area (Å²) < 4.78 is 2.77. The molecule has 96 valence electrons. The number of aromatic amines is 1. The van der Waals surface area contributed by atoms with Crippen molar-refractivity contribution in [3.8, 4) is 0 Å². The lowest BCUT2D eigenvalue weighted by Gasteiger charge is -2.22. The van der Waals surface area contributed by atoms with Crippen LogP contribution < -0.4 is 4.90 Å². The van der Waals surface area contributed by atoms with E-state index in [1.165, 1.54) is 0 Å². The Labute approximate surface area is 107 Å². The zero-order chi connectivity index (χ0) is 12.6. The molecule has 6 heteroatoms.